The molecule has 38 heavy (non-hydrogen) atoms. The van der Waals surface area contributed by atoms with E-state index in [2.05, 4.69) is 13.8 Å². The van der Waals surface area contributed by atoms with E-state index in [0.717, 1.165) is 63.4 Å². The molecule has 0 bridgehead atoms. The van der Waals surface area contributed by atoms with Crippen molar-refractivity contribution in [3.05, 3.63) is 11.6 Å². The molecule has 6 rings (SSSR count). The number of carbonyl (C=O) groups excluding carboxylic acids is 1. The number of esters is 1. The van der Waals surface area contributed by atoms with E-state index in [9.17, 15) is 20.1 Å². The zero-order valence-corrected chi connectivity index (χ0v) is 23.3. The lowest BCUT2D eigenvalue weighted by molar-refractivity contribution is -0.313. The summed E-state index contributed by atoms with van der Waals surface area (Å²) in [6.07, 6.45) is 6.34. The maximum Gasteiger partial charge on any atom is 0.331 e. The molecule has 3 N–H and O–H groups in total. The van der Waals surface area contributed by atoms with Crippen molar-refractivity contribution in [3.63, 3.8) is 0 Å². The molecule has 0 aromatic rings. The van der Waals surface area contributed by atoms with E-state index in [1.54, 1.807) is 6.08 Å². The molecule has 4 aliphatic carbocycles. The van der Waals surface area contributed by atoms with Crippen LogP contribution in [0.15, 0.2) is 11.6 Å². The fraction of sp³-hybridized carbons (Fsp3) is 0.900. The Morgan fingerprint density at radius 2 is 1.79 bits per heavy atom. The van der Waals surface area contributed by atoms with Crippen molar-refractivity contribution in [2.24, 2.45) is 34.5 Å². The Bertz CT molecular complexity index is 968. The molecule has 8 heteroatoms. The van der Waals surface area contributed by atoms with Crippen LogP contribution in [0.5, 0.6) is 0 Å². The number of aliphatic hydroxyl groups is 3. The number of hydrogen-bond donors (Lipinski definition) is 3. The summed E-state index contributed by atoms with van der Waals surface area (Å²) in [6.45, 7) is 6.92. The molecule has 2 aliphatic heterocycles. The Balaban J connectivity index is 1.15. The minimum atomic E-state index is -1.14. The summed E-state index contributed by atoms with van der Waals surface area (Å²) >= 11 is 0. The van der Waals surface area contributed by atoms with E-state index in [1.165, 1.54) is 7.11 Å². The van der Waals surface area contributed by atoms with Gasteiger partial charge in [0.05, 0.1) is 17.8 Å². The zero-order chi connectivity index (χ0) is 27.0. The number of hydrogen-bond acceptors (Lipinski definition) is 8. The van der Waals surface area contributed by atoms with Gasteiger partial charge < -0.3 is 34.3 Å². The summed E-state index contributed by atoms with van der Waals surface area (Å²) in [4.78, 5) is 11.8. The van der Waals surface area contributed by atoms with Crippen LogP contribution in [0.1, 0.15) is 78.6 Å². The van der Waals surface area contributed by atoms with Gasteiger partial charge in [-0.25, -0.2) is 4.79 Å². The molecule has 4 saturated carbocycles. The Kier molecular flexibility index (Phi) is 6.80. The van der Waals surface area contributed by atoms with E-state index in [4.69, 9.17) is 18.9 Å². The third kappa shape index (κ3) is 3.88. The maximum atomic E-state index is 12.4. The fourth-order valence-electron chi connectivity index (χ4n) is 10.1. The van der Waals surface area contributed by atoms with E-state index in [0.29, 0.717) is 18.4 Å². The van der Waals surface area contributed by atoms with Crippen molar-refractivity contribution < 1.29 is 39.1 Å². The molecule has 0 aromatic heterocycles. The van der Waals surface area contributed by atoms with Crippen molar-refractivity contribution in [3.8, 4) is 0 Å². The first-order valence-electron chi connectivity index (χ1n) is 14.8. The van der Waals surface area contributed by atoms with Crippen molar-refractivity contribution in [2.45, 2.75) is 121 Å². The fourth-order valence-corrected chi connectivity index (χ4v) is 10.1. The highest BCUT2D eigenvalue weighted by molar-refractivity contribution is 5.85. The van der Waals surface area contributed by atoms with E-state index in [-0.39, 0.29) is 40.8 Å². The monoisotopic (exact) mass is 534 g/mol. The van der Waals surface area contributed by atoms with Gasteiger partial charge in [-0.3, -0.25) is 0 Å². The van der Waals surface area contributed by atoms with Crippen LogP contribution in [0, 0.1) is 34.5 Å². The van der Waals surface area contributed by atoms with Crippen molar-refractivity contribution in [1.29, 1.82) is 0 Å². The van der Waals surface area contributed by atoms with Gasteiger partial charge in [0, 0.05) is 18.6 Å². The summed E-state index contributed by atoms with van der Waals surface area (Å²) < 4.78 is 22.8. The quantitative estimate of drug-likeness (QED) is 0.372. The first kappa shape index (κ1) is 27.2. The third-order valence-corrected chi connectivity index (χ3v) is 12.3. The molecule has 8 nitrogen and oxygen atoms in total. The summed E-state index contributed by atoms with van der Waals surface area (Å²) in [5.41, 5.74) is 0.291. The van der Waals surface area contributed by atoms with Crippen molar-refractivity contribution >= 4 is 5.97 Å². The molecule has 0 amide bonds. The molecular formula is C30H46O8. The molecule has 0 spiro atoms. The van der Waals surface area contributed by atoms with Crippen LogP contribution in [-0.4, -0.2) is 77.4 Å². The van der Waals surface area contributed by atoms with E-state index >= 15 is 0 Å². The third-order valence-electron chi connectivity index (χ3n) is 12.3. The Labute approximate surface area is 226 Å². The maximum absolute atomic E-state index is 12.4. The van der Waals surface area contributed by atoms with Gasteiger partial charge in [0.2, 0.25) is 0 Å². The molecule has 0 radical (unpaired) electrons. The van der Waals surface area contributed by atoms with Gasteiger partial charge in [0.1, 0.15) is 24.9 Å². The smallest absolute Gasteiger partial charge is 0.331 e. The number of fused-ring (bicyclic) bond motifs is 5. The molecule has 13 atom stereocenters. The second kappa shape index (κ2) is 9.52. The average molecular weight is 535 g/mol. The lowest BCUT2D eigenvalue weighted by Gasteiger charge is -2.64. The van der Waals surface area contributed by atoms with Gasteiger partial charge in [0.15, 0.2) is 6.29 Å². The minimum absolute atomic E-state index is 0.0255. The highest BCUT2D eigenvalue weighted by atomic mass is 16.7. The summed E-state index contributed by atoms with van der Waals surface area (Å²) in [6, 6.07) is 0. The van der Waals surface area contributed by atoms with Crippen LogP contribution in [0.25, 0.3) is 0 Å². The van der Waals surface area contributed by atoms with E-state index < -0.39 is 30.2 Å². The summed E-state index contributed by atoms with van der Waals surface area (Å²) in [5, 5.41) is 33.5. The van der Waals surface area contributed by atoms with Gasteiger partial charge in [-0.15, -0.1) is 0 Å². The van der Waals surface area contributed by atoms with Crippen molar-refractivity contribution in [2.75, 3.05) is 13.7 Å². The van der Waals surface area contributed by atoms with Gasteiger partial charge in [0.25, 0.3) is 0 Å². The predicted molar refractivity (Wildman–Crippen MR) is 138 cm³/mol. The summed E-state index contributed by atoms with van der Waals surface area (Å²) in [5.74, 6) is 1.20. The number of methoxy groups -OCH3 is 1. The number of rotatable bonds is 4. The van der Waals surface area contributed by atoms with Gasteiger partial charge in [-0.05, 0) is 99.4 Å². The predicted octanol–water partition coefficient (Wildman–Crippen LogP) is 3.11. The second-order valence-corrected chi connectivity index (χ2v) is 13.7. The SMILES string of the molecule is CO[C@@H]1[C@@H](O)[C@H](O)[C@@H](O[C@H]2CC[C@@]3(C)[C@@H](CC[C@@H]4[C@H]3CC[C@]3(C)[C@@H](C5=CC(=O)OC5)CC[C@]43O)C2)O[C@H]1C. The highest BCUT2D eigenvalue weighted by Gasteiger charge is 2.67. The molecule has 0 unspecified atom stereocenters. The van der Waals surface area contributed by atoms with Crippen LogP contribution in [0.3, 0.4) is 0 Å². The normalized spacial score (nSPS) is 54.5. The standard InChI is InChI=1S/C30H46O8/c1-16-26(35-4)24(32)25(33)27(37-16)38-19-7-10-28(2)18(14-19)5-6-22-21(28)8-11-29(3)20(9-12-30(22,29)34)17-13-23(31)36-15-17/h13,16,18-22,24-27,32-34H,5-12,14-15H2,1-4H3/t16-,18-,19-,20+,21+,22+,24-,25-,26-,27+,28-,29+,30-/m0/s1. The second-order valence-electron chi connectivity index (χ2n) is 13.7. The molecule has 6 aliphatic rings. The summed E-state index contributed by atoms with van der Waals surface area (Å²) in [7, 11) is 1.51. The van der Waals surface area contributed by atoms with Crippen LogP contribution in [-0.2, 0) is 23.7 Å². The first-order valence-corrected chi connectivity index (χ1v) is 14.8. The molecule has 0 aromatic carbocycles. The number of carbonyl (C=O) groups is 1. The molecule has 5 fully saturated rings. The Morgan fingerprint density at radius 3 is 2.50 bits per heavy atom. The van der Waals surface area contributed by atoms with Gasteiger partial charge in [-0.1, -0.05) is 13.8 Å². The molecular weight excluding hydrogens is 488 g/mol. The van der Waals surface area contributed by atoms with Crippen LogP contribution in [0.4, 0.5) is 0 Å². The molecule has 2 heterocycles. The van der Waals surface area contributed by atoms with Crippen LogP contribution in [0.2, 0.25) is 0 Å². The topological polar surface area (TPSA) is 115 Å². The average Bonchev–Trinajstić information content (AvgIpc) is 3.42. The highest BCUT2D eigenvalue weighted by Crippen LogP contribution is 2.70. The number of ether oxygens (including phenoxy) is 4. The number of cyclic esters (lactones) is 1. The minimum Gasteiger partial charge on any atom is -0.458 e. The lowest BCUT2D eigenvalue weighted by atomic mass is 9.43. The zero-order valence-electron chi connectivity index (χ0n) is 23.3. The van der Waals surface area contributed by atoms with Gasteiger partial charge in [-0.2, -0.15) is 0 Å². The molecule has 1 saturated heterocycles. The largest absolute Gasteiger partial charge is 0.458 e. The Hall–Kier alpha value is -1.03. The van der Waals surface area contributed by atoms with E-state index in [1.807, 2.05) is 6.92 Å². The lowest BCUT2D eigenvalue weighted by Crippen LogP contribution is -2.62. The van der Waals surface area contributed by atoms with Crippen molar-refractivity contribution in [1.82, 2.24) is 0 Å². The number of aliphatic hydroxyl groups excluding tert-OH is 2. The van der Waals surface area contributed by atoms with Gasteiger partial charge >= 0.3 is 5.97 Å². The molecule has 214 valence electrons. The Morgan fingerprint density at radius 1 is 1.00 bits per heavy atom. The van der Waals surface area contributed by atoms with Crippen LogP contribution < -0.4 is 0 Å². The van der Waals surface area contributed by atoms with Crippen LogP contribution >= 0.6 is 0 Å². The first-order chi connectivity index (χ1) is 18.0.